The third kappa shape index (κ3) is 1.89. The van der Waals surface area contributed by atoms with E-state index in [1.807, 2.05) is 6.07 Å². The number of hydrogen-bond acceptors (Lipinski definition) is 3. The molecule has 0 saturated heterocycles. The van der Waals surface area contributed by atoms with Crippen LogP contribution in [0.5, 0.6) is 0 Å². The number of hydrogen-bond donors (Lipinski definition) is 2. The van der Waals surface area contributed by atoms with Crippen LogP contribution < -0.4 is 5.23 Å². The van der Waals surface area contributed by atoms with Gasteiger partial charge in [-0.25, -0.2) is 5.21 Å². The molecule has 1 aromatic carbocycles. The van der Waals surface area contributed by atoms with Gasteiger partial charge in [0, 0.05) is 30.4 Å². The molecule has 1 atom stereocenters. The van der Waals surface area contributed by atoms with E-state index in [1.165, 1.54) is 0 Å². The van der Waals surface area contributed by atoms with Crippen LogP contribution >= 0.6 is 0 Å². The first-order valence-electron chi connectivity index (χ1n) is 4.50. The molecule has 0 aliphatic rings. The maximum Gasteiger partial charge on any atom is 0.171 e. The minimum Gasteiger partial charge on any atom is -0.595 e. The van der Waals surface area contributed by atoms with Gasteiger partial charge in [0.05, 0.1) is 6.20 Å². The van der Waals surface area contributed by atoms with Gasteiger partial charge in [-0.15, -0.1) is 0 Å². The van der Waals surface area contributed by atoms with E-state index in [-0.39, 0.29) is 0 Å². The normalized spacial score (nSPS) is 12.7. The molecule has 0 aliphatic heterocycles. The highest BCUT2D eigenvalue weighted by molar-refractivity contribution is 5.71. The molecule has 0 spiro atoms. The molecule has 5 heteroatoms. The van der Waals surface area contributed by atoms with Crippen LogP contribution in [0.25, 0.3) is 11.1 Å². The van der Waals surface area contributed by atoms with Crippen LogP contribution in [0.2, 0.25) is 0 Å². The summed E-state index contributed by atoms with van der Waals surface area (Å²) in [6.07, 6.45) is 3.45. The summed E-state index contributed by atoms with van der Waals surface area (Å²) in [4.78, 5) is 0. The lowest BCUT2D eigenvalue weighted by Crippen LogP contribution is -2.99. The number of para-hydroxylation sites is 1. The molecule has 2 N–H and O–H groups in total. The predicted octanol–water partition coefficient (Wildman–Crippen LogP) is 0.491. The van der Waals surface area contributed by atoms with Gasteiger partial charge in [-0.05, 0) is 6.07 Å². The van der Waals surface area contributed by atoms with Crippen molar-refractivity contribution < 1.29 is 10.4 Å². The first-order valence-corrected chi connectivity index (χ1v) is 4.50. The Balaban J connectivity index is 2.52. The zero-order chi connectivity index (χ0) is 10.8. The molecule has 1 aromatic heterocycles. The van der Waals surface area contributed by atoms with Gasteiger partial charge in [-0.2, -0.15) is 10.3 Å². The minimum absolute atomic E-state index is 0.297. The Labute approximate surface area is 86.7 Å². The molecular formula is C10H11N3O2. The van der Waals surface area contributed by atoms with E-state index in [4.69, 9.17) is 5.21 Å². The quantitative estimate of drug-likeness (QED) is 0.701. The summed E-state index contributed by atoms with van der Waals surface area (Å²) < 4.78 is 1.65. The van der Waals surface area contributed by atoms with Crippen molar-refractivity contribution in [3.05, 3.63) is 41.9 Å². The minimum atomic E-state index is -0.922. The Kier molecular flexibility index (Phi) is 2.51. The van der Waals surface area contributed by atoms with Crippen molar-refractivity contribution in [1.82, 2.24) is 9.78 Å². The van der Waals surface area contributed by atoms with Gasteiger partial charge in [0.1, 0.15) is 0 Å². The maximum absolute atomic E-state index is 11.0. The third-order valence-corrected chi connectivity index (χ3v) is 2.17. The number of benzene rings is 1. The van der Waals surface area contributed by atoms with Gasteiger partial charge < -0.3 is 5.21 Å². The fraction of sp³-hybridized carbons (Fsp3) is 0.100. The highest BCUT2D eigenvalue weighted by Crippen LogP contribution is 2.24. The van der Waals surface area contributed by atoms with Gasteiger partial charge in [0.15, 0.2) is 5.69 Å². The van der Waals surface area contributed by atoms with Gasteiger partial charge in [-0.1, -0.05) is 12.1 Å². The van der Waals surface area contributed by atoms with Gasteiger partial charge in [0.25, 0.3) is 0 Å². The second-order valence-electron chi connectivity index (χ2n) is 3.25. The first kappa shape index (κ1) is 9.85. The van der Waals surface area contributed by atoms with Crippen LogP contribution in [-0.2, 0) is 7.05 Å². The molecule has 0 bridgehead atoms. The van der Waals surface area contributed by atoms with E-state index in [0.29, 0.717) is 11.3 Å². The van der Waals surface area contributed by atoms with Crippen LogP contribution in [0.3, 0.4) is 0 Å². The number of quaternary nitrogens is 1. The van der Waals surface area contributed by atoms with Crippen molar-refractivity contribution >= 4 is 5.69 Å². The van der Waals surface area contributed by atoms with Crippen LogP contribution in [-0.4, -0.2) is 15.0 Å². The molecule has 2 rings (SSSR count). The summed E-state index contributed by atoms with van der Waals surface area (Å²) in [5, 5.41) is 23.1. The lowest BCUT2D eigenvalue weighted by molar-refractivity contribution is -0.991. The van der Waals surface area contributed by atoms with Crippen molar-refractivity contribution in [3.8, 4) is 11.1 Å². The second-order valence-corrected chi connectivity index (χ2v) is 3.25. The zero-order valence-corrected chi connectivity index (χ0v) is 8.21. The van der Waals surface area contributed by atoms with Gasteiger partial charge in [-0.3, -0.25) is 4.68 Å². The van der Waals surface area contributed by atoms with E-state index in [2.05, 4.69) is 5.10 Å². The van der Waals surface area contributed by atoms with E-state index < -0.39 is 5.23 Å². The number of aromatic nitrogens is 2. The monoisotopic (exact) mass is 205 g/mol. The van der Waals surface area contributed by atoms with Crippen molar-refractivity contribution in [2.24, 2.45) is 7.05 Å². The molecular weight excluding hydrogens is 194 g/mol. The summed E-state index contributed by atoms with van der Waals surface area (Å²) >= 11 is 0. The van der Waals surface area contributed by atoms with Crippen molar-refractivity contribution in [3.63, 3.8) is 0 Å². The SMILES string of the molecule is Cn1cc(-c2ccccc2[NH+]([O-])O)cn1. The van der Waals surface area contributed by atoms with E-state index in [0.717, 1.165) is 5.56 Å². The van der Waals surface area contributed by atoms with Crippen molar-refractivity contribution in [1.29, 1.82) is 0 Å². The molecule has 15 heavy (non-hydrogen) atoms. The molecule has 0 aliphatic carbocycles. The predicted molar refractivity (Wildman–Crippen MR) is 54.4 cm³/mol. The molecule has 1 unspecified atom stereocenters. The number of rotatable bonds is 2. The average Bonchev–Trinajstić information content (AvgIpc) is 2.65. The summed E-state index contributed by atoms with van der Waals surface area (Å²) in [5.41, 5.74) is 1.80. The molecule has 78 valence electrons. The van der Waals surface area contributed by atoms with E-state index in [9.17, 15) is 5.21 Å². The number of aryl methyl sites for hydroxylation is 1. The summed E-state index contributed by atoms with van der Waals surface area (Å²) in [7, 11) is 1.80. The summed E-state index contributed by atoms with van der Waals surface area (Å²) in [6.45, 7) is 0. The smallest absolute Gasteiger partial charge is 0.171 e. The van der Waals surface area contributed by atoms with Crippen molar-refractivity contribution in [2.45, 2.75) is 0 Å². The fourth-order valence-corrected chi connectivity index (χ4v) is 1.48. The van der Waals surface area contributed by atoms with Crippen LogP contribution in [0, 0.1) is 5.21 Å². The molecule has 0 saturated carbocycles. The Morgan fingerprint density at radius 2 is 2.13 bits per heavy atom. The first-order chi connectivity index (χ1) is 7.18. The standard InChI is InChI=1S/C10H11N3O2/c1-12-7-8(6-11-12)9-4-2-3-5-10(9)13(14)15/h2-7,13-14H,1H3. The van der Waals surface area contributed by atoms with Gasteiger partial charge >= 0.3 is 0 Å². The van der Waals surface area contributed by atoms with Crippen LogP contribution in [0.1, 0.15) is 0 Å². The molecule has 0 fully saturated rings. The maximum atomic E-state index is 11.0. The molecule has 5 nitrogen and oxygen atoms in total. The van der Waals surface area contributed by atoms with Gasteiger partial charge in [0.2, 0.25) is 0 Å². The summed E-state index contributed by atoms with van der Waals surface area (Å²) in [6, 6.07) is 6.89. The fourth-order valence-electron chi connectivity index (χ4n) is 1.48. The van der Waals surface area contributed by atoms with Crippen molar-refractivity contribution in [2.75, 3.05) is 0 Å². The lowest BCUT2D eigenvalue weighted by Gasteiger charge is -2.14. The van der Waals surface area contributed by atoms with Crippen LogP contribution in [0.15, 0.2) is 36.7 Å². The molecule has 0 radical (unpaired) electrons. The average molecular weight is 205 g/mol. The van der Waals surface area contributed by atoms with E-state index in [1.54, 1.807) is 42.3 Å². The Morgan fingerprint density at radius 1 is 1.40 bits per heavy atom. The number of nitrogens with zero attached hydrogens (tertiary/aromatic N) is 2. The second kappa shape index (κ2) is 3.82. The Bertz CT molecular complexity index is 465. The topological polar surface area (TPSA) is 65.5 Å². The highest BCUT2D eigenvalue weighted by Gasteiger charge is 2.10. The number of nitrogens with one attached hydrogen (secondary N) is 1. The Hall–Kier alpha value is -1.69. The van der Waals surface area contributed by atoms with E-state index >= 15 is 0 Å². The largest absolute Gasteiger partial charge is 0.595 e. The van der Waals surface area contributed by atoms with Crippen LogP contribution in [0.4, 0.5) is 5.69 Å². The highest BCUT2D eigenvalue weighted by atomic mass is 16.8. The molecule has 2 aromatic rings. The Morgan fingerprint density at radius 3 is 2.73 bits per heavy atom. The molecule has 1 heterocycles. The lowest BCUT2D eigenvalue weighted by atomic mass is 10.1. The summed E-state index contributed by atoms with van der Waals surface area (Å²) in [5.74, 6) is 0. The zero-order valence-electron chi connectivity index (χ0n) is 8.21. The third-order valence-electron chi connectivity index (χ3n) is 2.17. The molecule has 0 amide bonds.